The molecule has 0 amide bonds. The van der Waals surface area contributed by atoms with Gasteiger partial charge in [0.25, 0.3) is 0 Å². The number of aliphatic hydroxyl groups excluding tert-OH is 1. The van der Waals surface area contributed by atoms with Crippen molar-refractivity contribution in [3.05, 3.63) is 30.1 Å². The lowest BCUT2D eigenvalue weighted by Gasteiger charge is -2.54. The zero-order chi connectivity index (χ0) is 13.6. The fourth-order valence-corrected chi connectivity index (χ4v) is 5.11. The minimum atomic E-state index is -0.684. The van der Waals surface area contributed by atoms with Gasteiger partial charge in [0.2, 0.25) is 0 Å². The topological polar surface area (TPSA) is 33.1 Å². The van der Waals surface area contributed by atoms with Gasteiger partial charge in [-0.3, -0.25) is 4.98 Å². The number of nitrogens with zero attached hydrogens (tertiary/aromatic N) is 1. The summed E-state index contributed by atoms with van der Waals surface area (Å²) in [6.45, 7) is 0. The van der Waals surface area contributed by atoms with Crippen molar-refractivity contribution in [3.8, 4) is 11.8 Å². The first-order valence-corrected chi connectivity index (χ1v) is 7.83. The van der Waals surface area contributed by atoms with Gasteiger partial charge in [-0.05, 0) is 62.3 Å². The van der Waals surface area contributed by atoms with Crippen molar-refractivity contribution in [2.24, 2.45) is 23.2 Å². The molecule has 4 fully saturated rings. The third-order valence-corrected chi connectivity index (χ3v) is 5.51. The van der Waals surface area contributed by atoms with Crippen molar-refractivity contribution in [1.82, 2.24) is 4.98 Å². The first-order chi connectivity index (χ1) is 9.72. The van der Waals surface area contributed by atoms with Crippen molar-refractivity contribution in [3.63, 3.8) is 0 Å². The number of hydrogen-bond acceptors (Lipinski definition) is 2. The Kier molecular flexibility index (Phi) is 2.86. The third-order valence-electron chi connectivity index (χ3n) is 5.51. The Labute approximate surface area is 120 Å². The van der Waals surface area contributed by atoms with Crippen LogP contribution in [0.2, 0.25) is 0 Å². The predicted molar refractivity (Wildman–Crippen MR) is 77.6 cm³/mol. The summed E-state index contributed by atoms with van der Waals surface area (Å²) < 4.78 is 0. The lowest BCUT2D eigenvalue weighted by atomic mass is 9.50. The van der Waals surface area contributed by atoms with E-state index in [1.165, 1.54) is 38.5 Å². The minimum absolute atomic E-state index is 0.220. The van der Waals surface area contributed by atoms with Gasteiger partial charge in [-0.2, -0.15) is 0 Å². The van der Waals surface area contributed by atoms with Crippen LogP contribution in [-0.4, -0.2) is 10.1 Å². The molecule has 2 heteroatoms. The molecule has 4 aliphatic carbocycles. The highest BCUT2D eigenvalue weighted by Gasteiger charge is 2.50. The second-order valence-corrected chi connectivity index (χ2v) is 7.16. The summed E-state index contributed by atoms with van der Waals surface area (Å²) in [7, 11) is 0. The Balaban J connectivity index is 1.56. The Morgan fingerprint density at radius 1 is 1.15 bits per heavy atom. The molecule has 0 spiro atoms. The normalized spacial score (nSPS) is 39.1. The summed E-state index contributed by atoms with van der Waals surface area (Å²) in [6.07, 6.45) is 10.9. The third kappa shape index (κ3) is 2.15. The molecule has 0 saturated heterocycles. The van der Waals surface area contributed by atoms with Crippen LogP contribution in [0.1, 0.15) is 50.2 Å². The standard InChI is InChI=1S/C18H21NO/c20-17(16-2-1-5-19-12-16)3-4-18-9-13-6-14(10-18)8-15(7-13)11-18/h1-2,5,12-15,17,20H,6-11H2/t13?,14?,15?,17-,18?/m1/s1. The lowest BCUT2D eigenvalue weighted by Crippen LogP contribution is -2.45. The molecule has 1 aromatic rings. The molecule has 5 rings (SSSR count). The van der Waals surface area contributed by atoms with Gasteiger partial charge in [0.15, 0.2) is 0 Å². The van der Waals surface area contributed by atoms with E-state index in [2.05, 4.69) is 16.8 Å². The Morgan fingerprint density at radius 2 is 1.80 bits per heavy atom. The maximum absolute atomic E-state index is 10.2. The molecule has 1 atom stereocenters. The smallest absolute Gasteiger partial charge is 0.141 e. The van der Waals surface area contributed by atoms with E-state index in [0.29, 0.717) is 0 Å². The van der Waals surface area contributed by atoms with Crippen LogP contribution in [0.15, 0.2) is 24.5 Å². The van der Waals surface area contributed by atoms with E-state index < -0.39 is 6.10 Å². The van der Waals surface area contributed by atoms with E-state index in [1.807, 2.05) is 12.1 Å². The van der Waals surface area contributed by atoms with Crippen LogP contribution in [0.25, 0.3) is 0 Å². The average molecular weight is 267 g/mol. The number of rotatable bonds is 1. The van der Waals surface area contributed by atoms with Crippen LogP contribution < -0.4 is 0 Å². The molecule has 4 aliphatic rings. The molecule has 0 unspecified atom stereocenters. The van der Waals surface area contributed by atoms with E-state index >= 15 is 0 Å². The van der Waals surface area contributed by atoms with Gasteiger partial charge < -0.3 is 5.11 Å². The molecular weight excluding hydrogens is 246 g/mol. The molecule has 1 aromatic heterocycles. The molecule has 104 valence electrons. The van der Waals surface area contributed by atoms with E-state index in [4.69, 9.17) is 0 Å². The Morgan fingerprint density at radius 3 is 2.35 bits per heavy atom. The van der Waals surface area contributed by atoms with Gasteiger partial charge in [0.1, 0.15) is 6.10 Å². The fraction of sp³-hybridized carbons (Fsp3) is 0.611. The van der Waals surface area contributed by atoms with E-state index in [-0.39, 0.29) is 5.41 Å². The van der Waals surface area contributed by atoms with Crippen molar-refractivity contribution in [2.75, 3.05) is 0 Å². The highest BCUT2D eigenvalue weighted by molar-refractivity contribution is 5.26. The maximum Gasteiger partial charge on any atom is 0.141 e. The molecule has 1 heterocycles. The van der Waals surface area contributed by atoms with E-state index in [0.717, 1.165) is 23.3 Å². The van der Waals surface area contributed by atoms with Gasteiger partial charge in [-0.15, -0.1) is 0 Å². The van der Waals surface area contributed by atoms with Crippen LogP contribution in [0.4, 0.5) is 0 Å². The second-order valence-electron chi connectivity index (χ2n) is 7.16. The predicted octanol–water partition coefficient (Wildman–Crippen LogP) is 3.33. The lowest BCUT2D eigenvalue weighted by molar-refractivity contribution is -0.0183. The van der Waals surface area contributed by atoms with Gasteiger partial charge in [0, 0.05) is 23.4 Å². The molecular formula is C18H21NO. The van der Waals surface area contributed by atoms with Crippen LogP contribution >= 0.6 is 0 Å². The maximum atomic E-state index is 10.2. The average Bonchev–Trinajstić information content (AvgIpc) is 2.44. The first-order valence-electron chi connectivity index (χ1n) is 7.83. The van der Waals surface area contributed by atoms with Gasteiger partial charge in [-0.25, -0.2) is 0 Å². The summed E-state index contributed by atoms with van der Waals surface area (Å²) in [5.74, 6) is 9.34. The molecule has 0 radical (unpaired) electrons. The van der Waals surface area contributed by atoms with Crippen LogP contribution in [0.5, 0.6) is 0 Å². The molecule has 4 saturated carbocycles. The van der Waals surface area contributed by atoms with Crippen LogP contribution in [-0.2, 0) is 0 Å². The molecule has 0 aliphatic heterocycles. The molecule has 2 nitrogen and oxygen atoms in total. The molecule has 20 heavy (non-hydrogen) atoms. The van der Waals surface area contributed by atoms with Crippen LogP contribution in [0, 0.1) is 35.0 Å². The molecule has 0 aromatic carbocycles. The number of aliphatic hydroxyl groups is 1. The largest absolute Gasteiger partial charge is 0.376 e. The van der Waals surface area contributed by atoms with Gasteiger partial charge in [0.05, 0.1) is 0 Å². The monoisotopic (exact) mass is 267 g/mol. The van der Waals surface area contributed by atoms with Gasteiger partial charge in [-0.1, -0.05) is 17.9 Å². The summed E-state index contributed by atoms with van der Waals surface area (Å²) in [5.41, 5.74) is 1.03. The minimum Gasteiger partial charge on any atom is -0.376 e. The summed E-state index contributed by atoms with van der Waals surface area (Å²) in [6, 6.07) is 3.75. The van der Waals surface area contributed by atoms with E-state index in [1.54, 1.807) is 12.4 Å². The highest BCUT2D eigenvalue weighted by Crippen LogP contribution is 2.59. The zero-order valence-electron chi connectivity index (χ0n) is 11.8. The second kappa shape index (κ2) is 4.60. The quantitative estimate of drug-likeness (QED) is 0.792. The van der Waals surface area contributed by atoms with Crippen molar-refractivity contribution >= 4 is 0 Å². The Bertz CT molecular complexity index is 518. The number of pyridine rings is 1. The van der Waals surface area contributed by atoms with Crippen molar-refractivity contribution < 1.29 is 5.11 Å². The first kappa shape index (κ1) is 12.4. The summed E-state index contributed by atoms with van der Waals surface area (Å²) in [4.78, 5) is 4.05. The highest BCUT2D eigenvalue weighted by atomic mass is 16.3. The SMILES string of the molecule is O[C@H](C#CC12CC3CC(CC(C3)C1)C2)c1cccnc1. The van der Waals surface area contributed by atoms with E-state index in [9.17, 15) is 5.11 Å². The molecule has 4 bridgehead atoms. The zero-order valence-corrected chi connectivity index (χ0v) is 11.8. The van der Waals surface area contributed by atoms with Gasteiger partial charge >= 0.3 is 0 Å². The number of hydrogen-bond donors (Lipinski definition) is 1. The van der Waals surface area contributed by atoms with Crippen LogP contribution in [0.3, 0.4) is 0 Å². The Hall–Kier alpha value is -1.33. The van der Waals surface area contributed by atoms with Crippen molar-refractivity contribution in [2.45, 2.75) is 44.6 Å². The summed E-state index contributed by atoms with van der Waals surface area (Å²) >= 11 is 0. The molecule has 1 N–H and O–H groups in total. The summed E-state index contributed by atoms with van der Waals surface area (Å²) in [5, 5.41) is 10.2. The fourth-order valence-electron chi connectivity index (χ4n) is 5.11. The van der Waals surface area contributed by atoms with Crippen molar-refractivity contribution in [1.29, 1.82) is 0 Å². The number of aromatic nitrogens is 1.